The molecule has 0 atom stereocenters. The number of unbranched alkanes of at least 4 members (excludes halogenated alkanes) is 2. The molecule has 1 aliphatic carbocycles. The molecule has 0 heterocycles. The average Bonchev–Trinajstić information content (AvgIpc) is 2.87. The first-order valence-electron chi connectivity index (χ1n) is 9.28. The molecule has 0 radical (unpaired) electrons. The maximum atomic E-state index is 12.3. The molecular weight excluding hydrogens is 302 g/mol. The normalized spacial score (nSPS) is 15.5. The Bertz CT molecular complexity index is 516. The van der Waals surface area contributed by atoms with E-state index in [2.05, 4.69) is 12.2 Å². The van der Waals surface area contributed by atoms with Crippen LogP contribution in [0.15, 0.2) is 24.3 Å². The van der Waals surface area contributed by atoms with E-state index in [9.17, 15) is 9.59 Å². The third kappa shape index (κ3) is 5.99. The highest BCUT2D eigenvalue weighted by molar-refractivity contribution is 5.96. The highest BCUT2D eigenvalue weighted by Crippen LogP contribution is 2.17. The molecule has 0 unspecified atom stereocenters. The Kier molecular flexibility index (Phi) is 7.80. The second kappa shape index (κ2) is 10.1. The van der Waals surface area contributed by atoms with Crippen molar-refractivity contribution in [3.8, 4) is 0 Å². The molecular formula is C20H29NO3. The maximum Gasteiger partial charge on any atom is 0.338 e. The van der Waals surface area contributed by atoms with Gasteiger partial charge >= 0.3 is 5.97 Å². The van der Waals surface area contributed by atoms with Gasteiger partial charge in [0, 0.05) is 11.6 Å². The number of amides is 1. The Hall–Kier alpha value is -1.84. The van der Waals surface area contributed by atoms with Gasteiger partial charge in [0.25, 0.3) is 5.91 Å². The molecule has 2 rings (SSSR count). The SMILES string of the molecule is CCCCCOC(=O)c1ccc(C(=O)NC2CCCCCC2)cc1. The zero-order valence-corrected chi connectivity index (χ0v) is 14.7. The predicted molar refractivity (Wildman–Crippen MR) is 95.2 cm³/mol. The molecule has 0 spiro atoms. The molecule has 4 heteroatoms. The van der Waals surface area contributed by atoms with E-state index in [4.69, 9.17) is 4.74 Å². The Morgan fingerprint density at radius 3 is 2.25 bits per heavy atom. The van der Waals surface area contributed by atoms with Crippen LogP contribution in [-0.2, 0) is 4.74 Å². The van der Waals surface area contributed by atoms with Crippen molar-refractivity contribution in [1.82, 2.24) is 5.32 Å². The Labute approximate surface area is 145 Å². The van der Waals surface area contributed by atoms with E-state index in [1.54, 1.807) is 24.3 Å². The van der Waals surface area contributed by atoms with Crippen molar-refractivity contribution in [2.75, 3.05) is 6.61 Å². The van der Waals surface area contributed by atoms with Crippen LogP contribution in [0.1, 0.15) is 85.4 Å². The molecule has 1 aromatic carbocycles. The number of carbonyl (C=O) groups excluding carboxylic acids is 2. The molecule has 132 valence electrons. The van der Waals surface area contributed by atoms with Gasteiger partial charge in [0.1, 0.15) is 0 Å². The number of ether oxygens (including phenoxy) is 1. The van der Waals surface area contributed by atoms with Crippen LogP contribution in [0.25, 0.3) is 0 Å². The monoisotopic (exact) mass is 331 g/mol. The Morgan fingerprint density at radius 1 is 1.00 bits per heavy atom. The summed E-state index contributed by atoms with van der Waals surface area (Å²) in [6.45, 7) is 2.57. The quantitative estimate of drug-likeness (QED) is 0.455. The summed E-state index contributed by atoms with van der Waals surface area (Å²) in [4.78, 5) is 24.2. The summed E-state index contributed by atoms with van der Waals surface area (Å²) in [5.41, 5.74) is 1.10. The molecule has 0 aromatic heterocycles. The van der Waals surface area contributed by atoms with Crippen LogP contribution >= 0.6 is 0 Å². The number of nitrogens with one attached hydrogen (secondary N) is 1. The van der Waals surface area contributed by atoms with Crippen molar-refractivity contribution in [2.24, 2.45) is 0 Å². The Morgan fingerprint density at radius 2 is 1.62 bits per heavy atom. The molecule has 1 aliphatic rings. The second-order valence-corrected chi connectivity index (χ2v) is 6.58. The van der Waals surface area contributed by atoms with Crippen LogP contribution in [0.4, 0.5) is 0 Å². The van der Waals surface area contributed by atoms with Crippen molar-refractivity contribution in [2.45, 2.75) is 70.8 Å². The first kappa shape index (κ1) is 18.5. The van der Waals surface area contributed by atoms with Crippen LogP contribution in [0.2, 0.25) is 0 Å². The first-order valence-corrected chi connectivity index (χ1v) is 9.28. The molecule has 0 bridgehead atoms. The van der Waals surface area contributed by atoms with Crippen LogP contribution < -0.4 is 5.32 Å². The van der Waals surface area contributed by atoms with Gasteiger partial charge in [-0.05, 0) is 43.5 Å². The smallest absolute Gasteiger partial charge is 0.338 e. The highest BCUT2D eigenvalue weighted by Gasteiger charge is 2.16. The molecule has 24 heavy (non-hydrogen) atoms. The first-order chi connectivity index (χ1) is 11.7. The fourth-order valence-corrected chi connectivity index (χ4v) is 3.05. The van der Waals surface area contributed by atoms with Crippen molar-refractivity contribution in [1.29, 1.82) is 0 Å². The summed E-state index contributed by atoms with van der Waals surface area (Å²) in [6.07, 6.45) is 10.1. The summed E-state index contributed by atoms with van der Waals surface area (Å²) < 4.78 is 5.23. The van der Waals surface area contributed by atoms with Gasteiger partial charge in [-0.1, -0.05) is 45.4 Å². The standard InChI is InChI=1S/C20H29NO3/c1-2-3-8-15-24-20(23)17-13-11-16(12-14-17)19(22)21-18-9-6-4-5-7-10-18/h11-14,18H,2-10,15H2,1H3,(H,21,22). The largest absolute Gasteiger partial charge is 0.462 e. The predicted octanol–water partition coefficient (Wildman–Crippen LogP) is 4.49. The molecule has 4 nitrogen and oxygen atoms in total. The van der Waals surface area contributed by atoms with Crippen molar-refractivity contribution in [3.63, 3.8) is 0 Å². The lowest BCUT2D eigenvalue weighted by molar-refractivity contribution is 0.0498. The average molecular weight is 331 g/mol. The van der Waals surface area contributed by atoms with Crippen LogP contribution in [-0.4, -0.2) is 24.5 Å². The number of carbonyl (C=O) groups is 2. The minimum absolute atomic E-state index is 0.0511. The summed E-state index contributed by atoms with van der Waals surface area (Å²) in [5, 5.41) is 3.12. The third-order valence-electron chi connectivity index (χ3n) is 4.55. The lowest BCUT2D eigenvalue weighted by Gasteiger charge is -2.16. The Balaban J connectivity index is 1.83. The van der Waals surface area contributed by atoms with Gasteiger partial charge in [0.2, 0.25) is 0 Å². The lowest BCUT2D eigenvalue weighted by atomic mass is 10.1. The summed E-state index contributed by atoms with van der Waals surface area (Å²) in [5.74, 6) is -0.369. The zero-order chi connectivity index (χ0) is 17.2. The number of rotatable bonds is 7. The number of hydrogen-bond acceptors (Lipinski definition) is 3. The van der Waals surface area contributed by atoms with Gasteiger partial charge in [0.15, 0.2) is 0 Å². The van der Waals surface area contributed by atoms with Gasteiger partial charge in [-0.15, -0.1) is 0 Å². The fourth-order valence-electron chi connectivity index (χ4n) is 3.05. The summed E-state index contributed by atoms with van der Waals surface area (Å²) >= 11 is 0. The lowest BCUT2D eigenvalue weighted by Crippen LogP contribution is -2.34. The third-order valence-corrected chi connectivity index (χ3v) is 4.55. The minimum atomic E-state index is -0.318. The number of hydrogen-bond donors (Lipinski definition) is 1. The van der Waals surface area contributed by atoms with Crippen molar-refractivity contribution in [3.05, 3.63) is 35.4 Å². The van der Waals surface area contributed by atoms with Crippen molar-refractivity contribution >= 4 is 11.9 Å². The molecule has 1 fully saturated rings. The van der Waals surface area contributed by atoms with E-state index in [1.807, 2.05) is 0 Å². The van der Waals surface area contributed by atoms with Crippen molar-refractivity contribution < 1.29 is 14.3 Å². The van der Waals surface area contributed by atoms with Gasteiger partial charge in [-0.25, -0.2) is 4.79 Å². The van der Waals surface area contributed by atoms with Crippen LogP contribution in [0.3, 0.4) is 0 Å². The second-order valence-electron chi connectivity index (χ2n) is 6.58. The zero-order valence-electron chi connectivity index (χ0n) is 14.7. The topological polar surface area (TPSA) is 55.4 Å². The van der Waals surface area contributed by atoms with Crippen LogP contribution in [0, 0.1) is 0 Å². The summed E-state index contributed by atoms with van der Waals surface area (Å²) in [6, 6.07) is 7.03. The van der Waals surface area contributed by atoms with Gasteiger partial charge in [-0.3, -0.25) is 4.79 Å². The molecule has 0 saturated heterocycles. The molecule has 1 N–H and O–H groups in total. The van der Waals surface area contributed by atoms with Gasteiger partial charge < -0.3 is 10.1 Å². The van der Waals surface area contributed by atoms with E-state index in [-0.39, 0.29) is 17.9 Å². The van der Waals surface area contributed by atoms with Gasteiger partial charge in [-0.2, -0.15) is 0 Å². The van der Waals surface area contributed by atoms with E-state index < -0.39 is 0 Å². The van der Waals surface area contributed by atoms with E-state index in [1.165, 1.54) is 25.7 Å². The van der Waals surface area contributed by atoms with E-state index >= 15 is 0 Å². The van der Waals surface area contributed by atoms with Crippen LogP contribution in [0.5, 0.6) is 0 Å². The minimum Gasteiger partial charge on any atom is -0.462 e. The van der Waals surface area contributed by atoms with E-state index in [0.717, 1.165) is 32.1 Å². The van der Waals surface area contributed by atoms with Gasteiger partial charge in [0.05, 0.1) is 12.2 Å². The number of benzene rings is 1. The number of esters is 1. The molecule has 1 aromatic rings. The highest BCUT2D eigenvalue weighted by atomic mass is 16.5. The maximum absolute atomic E-state index is 12.3. The molecule has 0 aliphatic heterocycles. The summed E-state index contributed by atoms with van der Waals surface area (Å²) in [7, 11) is 0. The fraction of sp³-hybridized carbons (Fsp3) is 0.600. The molecule has 1 amide bonds. The molecule has 1 saturated carbocycles. The van der Waals surface area contributed by atoms with E-state index in [0.29, 0.717) is 17.7 Å².